The molecule has 1 amide bonds. The van der Waals surface area contributed by atoms with E-state index in [-0.39, 0.29) is 12.5 Å². The summed E-state index contributed by atoms with van der Waals surface area (Å²) < 4.78 is 7.77. The maximum absolute atomic E-state index is 13.7. The molecule has 1 saturated heterocycles. The van der Waals surface area contributed by atoms with Crippen molar-refractivity contribution in [3.63, 3.8) is 0 Å². The van der Waals surface area contributed by atoms with Crippen molar-refractivity contribution in [2.75, 3.05) is 4.90 Å². The van der Waals surface area contributed by atoms with Gasteiger partial charge < -0.3 is 4.74 Å². The number of hydrogen-bond donors (Lipinski definition) is 0. The van der Waals surface area contributed by atoms with Gasteiger partial charge in [0.15, 0.2) is 5.17 Å². The largest absolute Gasteiger partial charge is 0.487 e. The van der Waals surface area contributed by atoms with Crippen molar-refractivity contribution < 1.29 is 9.53 Å². The van der Waals surface area contributed by atoms with E-state index >= 15 is 0 Å². The summed E-state index contributed by atoms with van der Waals surface area (Å²) in [7, 11) is 0. The number of carbonyl (C=O) groups excluding carboxylic acids is 1. The van der Waals surface area contributed by atoms with Crippen LogP contribution in [0.5, 0.6) is 5.75 Å². The van der Waals surface area contributed by atoms with Crippen molar-refractivity contribution in [2.24, 2.45) is 4.99 Å². The minimum Gasteiger partial charge on any atom is -0.487 e. The lowest BCUT2D eigenvalue weighted by Gasteiger charge is -2.15. The summed E-state index contributed by atoms with van der Waals surface area (Å²) in [5.41, 5.74) is 3.02. The molecular weight excluding hydrogens is 671 g/mol. The fourth-order valence-electron chi connectivity index (χ4n) is 3.74. The minimum absolute atomic E-state index is 0.168. The Balaban J connectivity index is 1.53. The molecule has 0 bridgehead atoms. The second-order valence-electron chi connectivity index (χ2n) is 8.15. The summed E-state index contributed by atoms with van der Waals surface area (Å²) in [6.45, 7) is 0.227. The van der Waals surface area contributed by atoms with Crippen LogP contribution in [0.3, 0.4) is 0 Å². The molecule has 4 aromatic rings. The summed E-state index contributed by atoms with van der Waals surface area (Å²) in [4.78, 5) is 20.6. The van der Waals surface area contributed by atoms with Crippen LogP contribution in [0.2, 0.25) is 10.0 Å². The molecule has 1 aliphatic heterocycles. The Morgan fingerprint density at radius 3 is 2.34 bits per heavy atom. The first-order chi connectivity index (χ1) is 18.4. The standard InChI is InChI=1S/C29H18Br2Cl2N2O2S/c30-20-13-19(27(24(31)15-20)37-17-18-11-12-21(32)16-25(18)33)14-26-28(36)35(23-9-5-2-6-10-23)29(38-26)34-22-7-3-1-4-8-22/h1-16H,17H2. The molecule has 9 heteroatoms. The highest BCUT2D eigenvalue weighted by atomic mass is 79.9. The van der Waals surface area contributed by atoms with Crippen LogP contribution < -0.4 is 9.64 Å². The first-order valence-electron chi connectivity index (χ1n) is 11.4. The Hall–Kier alpha value is -2.55. The van der Waals surface area contributed by atoms with Gasteiger partial charge in [0.25, 0.3) is 5.91 Å². The van der Waals surface area contributed by atoms with Gasteiger partial charge in [-0.1, -0.05) is 81.6 Å². The minimum atomic E-state index is -0.168. The van der Waals surface area contributed by atoms with Crippen molar-refractivity contribution in [1.82, 2.24) is 0 Å². The Labute approximate surface area is 251 Å². The first kappa shape index (κ1) is 27.0. The highest BCUT2D eigenvalue weighted by Crippen LogP contribution is 2.41. The molecular formula is C29H18Br2Cl2N2O2S. The summed E-state index contributed by atoms with van der Waals surface area (Å²) >= 11 is 20.9. The monoisotopic (exact) mass is 686 g/mol. The summed E-state index contributed by atoms with van der Waals surface area (Å²) in [6.07, 6.45) is 1.82. The highest BCUT2D eigenvalue weighted by Gasteiger charge is 2.35. The quantitative estimate of drug-likeness (QED) is 0.189. The van der Waals surface area contributed by atoms with Crippen molar-refractivity contribution in [3.05, 3.63) is 126 Å². The van der Waals surface area contributed by atoms with E-state index in [9.17, 15) is 4.79 Å². The number of amidine groups is 1. The number of benzene rings is 4. The van der Waals surface area contributed by atoms with Crippen molar-refractivity contribution in [1.29, 1.82) is 0 Å². The van der Waals surface area contributed by atoms with Gasteiger partial charge in [-0.3, -0.25) is 9.69 Å². The van der Waals surface area contributed by atoms with E-state index in [4.69, 9.17) is 32.9 Å². The number of amides is 1. The molecule has 0 N–H and O–H groups in total. The molecule has 1 heterocycles. The van der Waals surface area contributed by atoms with Crippen LogP contribution in [-0.2, 0) is 11.4 Å². The number of halogens is 4. The Morgan fingerprint density at radius 1 is 0.921 bits per heavy atom. The molecule has 0 spiro atoms. The number of anilines is 1. The van der Waals surface area contributed by atoms with E-state index in [0.717, 1.165) is 31.4 Å². The molecule has 0 aromatic heterocycles. The molecule has 4 aromatic carbocycles. The molecule has 4 nitrogen and oxygen atoms in total. The zero-order chi connectivity index (χ0) is 26.6. The van der Waals surface area contributed by atoms with Gasteiger partial charge in [0.05, 0.1) is 20.8 Å². The topological polar surface area (TPSA) is 41.9 Å². The molecule has 1 fully saturated rings. The molecule has 0 atom stereocenters. The average Bonchev–Trinajstić information content (AvgIpc) is 3.19. The zero-order valence-electron chi connectivity index (χ0n) is 19.6. The van der Waals surface area contributed by atoms with E-state index in [0.29, 0.717) is 25.9 Å². The molecule has 0 aliphatic carbocycles. The van der Waals surface area contributed by atoms with Gasteiger partial charge in [-0.2, -0.15) is 0 Å². The van der Waals surface area contributed by atoms with E-state index in [1.165, 1.54) is 11.8 Å². The predicted octanol–water partition coefficient (Wildman–Crippen LogP) is 9.91. The Bertz CT molecular complexity index is 1560. The van der Waals surface area contributed by atoms with E-state index in [2.05, 4.69) is 31.9 Å². The highest BCUT2D eigenvalue weighted by molar-refractivity contribution is 9.11. The van der Waals surface area contributed by atoms with Crippen LogP contribution in [0.25, 0.3) is 6.08 Å². The van der Waals surface area contributed by atoms with Gasteiger partial charge in [0, 0.05) is 25.6 Å². The third-order valence-corrected chi connectivity index (χ3v) is 8.12. The molecule has 0 saturated carbocycles. The fourth-order valence-corrected chi connectivity index (χ4v) is 6.56. The molecule has 38 heavy (non-hydrogen) atoms. The summed E-state index contributed by atoms with van der Waals surface area (Å²) in [6, 6.07) is 28.1. The van der Waals surface area contributed by atoms with Crippen LogP contribution >= 0.6 is 66.8 Å². The number of carbonyl (C=O) groups is 1. The summed E-state index contributed by atoms with van der Waals surface area (Å²) in [5.74, 6) is 0.415. The predicted molar refractivity (Wildman–Crippen MR) is 166 cm³/mol. The molecule has 5 rings (SSSR count). The number of rotatable bonds is 6. The van der Waals surface area contributed by atoms with E-state index < -0.39 is 0 Å². The van der Waals surface area contributed by atoms with Crippen LogP contribution in [0.15, 0.2) is 110 Å². The average molecular weight is 689 g/mol. The lowest BCUT2D eigenvalue weighted by Crippen LogP contribution is -2.28. The van der Waals surface area contributed by atoms with Crippen LogP contribution in [0.4, 0.5) is 11.4 Å². The lowest BCUT2D eigenvalue weighted by molar-refractivity contribution is -0.113. The van der Waals surface area contributed by atoms with Gasteiger partial charge in [-0.15, -0.1) is 0 Å². The van der Waals surface area contributed by atoms with Crippen LogP contribution in [0, 0.1) is 0 Å². The van der Waals surface area contributed by atoms with E-state index in [1.54, 1.807) is 17.0 Å². The maximum atomic E-state index is 13.7. The second-order valence-corrected chi connectivity index (χ2v) is 11.8. The lowest BCUT2D eigenvalue weighted by atomic mass is 10.1. The number of aliphatic imine (C=N–C) groups is 1. The van der Waals surface area contributed by atoms with Gasteiger partial charge in [-0.05, 0) is 82.3 Å². The number of nitrogens with zero attached hydrogens (tertiary/aromatic N) is 2. The third-order valence-electron chi connectivity index (χ3n) is 5.51. The first-order valence-corrected chi connectivity index (χ1v) is 14.5. The Kier molecular flexibility index (Phi) is 8.61. The van der Waals surface area contributed by atoms with Crippen LogP contribution in [0.1, 0.15) is 11.1 Å². The SMILES string of the molecule is O=C1C(=Cc2cc(Br)cc(Br)c2OCc2ccc(Cl)cc2Cl)SC(=Nc2ccccc2)N1c1ccccc1. The normalized spacial score (nSPS) is 15.5. The summed E-state index contributed by atoms with van der Waals surface area (Å²) in [5, 5.41) is 1.65. The van der Waals surface area contributed by atoms with Crippen molar-refractivity contribution in [2.45, 2.75) is 6.61 Å². The van der Waals surface area contributed by atoms with E-state index in [1.807, 2.05) is 84.9 Å². The third kappa shape index (κ3) is 6.19. The number of thioether (sulfide) groups is 1. The second kappa shape index (κ2) is 12.1. The van der Waals surface area contributed by atoms with Crippen LogP contribution in [-0.4, -0.2) is 11.1 Å². The van der Waals surface area contributed by atoms with Gasteiger partial charge >= 0.3 is 0 Å². The number of ether oxygens (including phenoxy) is 1. The number of hydrogen-bond acceptors (Lipinski definition) is 4. The maximum Gasteiger partial charge on any atom is 0.271 e. The van der Waals surface area contributed by atoms with Crippen molar-refractivity contribution in [3.8, 4) is 5.75 Å². The van der Waals surface area contributed by atoms with Gasteiger partial charge in [0.1, 0.15) is 12.4 Å². The molecule has 190 valence electrons. The zero-order valence-corrected chi connectivity index (χ0v) is 25.1. The number of para-hydroxylation sites is 2. The molecule has 0 radical (unpaired) electrons. The van der Waals surface area contributed by atoms with Gasteiger partial charge in [-0.25, -0.2) is 4.99 Å². The molecule has 1 aliphatic rings. The molecule has 0 unspecified atom stereocenters. The Morgan fingerprint density at radius 2 is 1.63 bits per heavy atom. The smallest absolute Gasteiger partial charge is 0.271 e. The fraction of sp³-hybridized carbons (Fsp3) is 0.0345. The van der Waals surface area contributed by atoms with Crippen molar-refractivity contribution >= 4 is 95.3 Å². The van der Waals surface area contributed by atoms with Gasteiger partial charge in [0.2, 0.25) is 0 Å².